The Morgan fingerprint density at radius 2 is 2.06 bits per heavy atom. The highest BCUT2D eigenvalue weighted by molar-refractivity contribution is 7.89. The molecule has 0 amide bonds. The van der Waals surface area contributed by atoms with E-state index >= 15 is 0 Å². The number of nitrogens with one attached hydrogen (secondary N) is 1. The van der Waals surface area contributed by atoms with E-state index in [1.807, 2.05) is 4.90 Å². The van der Waals surface area contributed by atoms with Gasteiger partial charge in [-0.1, -0.05) is 0 Å². The number of nitrogens with zero attached hydrogens (tertiary/aromatic N) is 2. The summed E-state index contributed by atoms with van der Waals surface area (Å²) in [4.78, 5) is 7.96. The maximum Gasteiger partial charge on any atom is 0.254 e. The third-order valence-electron chi connectivity index (χ3n) is 2.52. The average Bonchev–Trinajstić information content (AvgIpc) is 2.40. The van der Waals surface area contributed by atoms with Gasteiger partial charge in [-0.25, -0.2) is 13.4 Å². The fourth-order valence-electron chi connectivity index (χ4n) is 1.58. The SMILES string of the molecule is NNS(=O)(=O)c1ccc(N2CCOCC2)nc1. The van der Waals surface area contributed by atoms with E-state index in [-0.39, 0.29) is 4.90 Å². The summed E-state index contributed by atoms with van der Waals surface area (Å²) in [6.07, 6.45) is 1.29. The highest BCUT2D eigenvalue weighted by Crippen LogP contribution is 2.15. The number of pyridine rings is 1. The number of hydrogen-bond acceptors (Lipinski definition) is 6. The fraction of sp³-hybridized carbons (Fsp3) is 0.444. The first-order chi connectivity index (χ1) is 8.13. The van der Waals surface area contributed by atoms with Crippen molar-refractivity contribution < 1.29 is 13.2 Å². The molecule has 3 N–H and O–H groups in total. The molecule has 0 atom stereocenters. The number of morpholine rings is 1. The van der Waals surface area contributed by atoms with Gasteiger partial charge in [0.2, 0.25) is 0 Å². The van der Waals surface area contributed by atoms with Gasteiger partial charge in [0, 0.05) is 19.3 Å². The second-order valence-corrected chi connectivity index (χ2v) is 5.29. The Morgan fingerprint density at radius 1 is 1.35 bits per heavy atom. The van der Waals surface area contributed by atoms with E-state index in [1.165, 1.54) is 12.3 Å². The van der Waals surface area contributed by atoms with Gasteiger partial charge in [0.1, 0.15) is 10.7 Å². The Labute approximate surface area is 99.6 Å². The van der Waals surface area contributed by atoms with Gasteiger partial charge in [-0.05, 0) is 12.1 Å². The van der Waals surface area contributed by atoms with E-state index in [0.717, 1.165) is 18.9 Å². The highest BCUT2D eigenvalue weighted by atomic mass is 32.2. The molecule has 8 heteroatoms. The number of anilines is 1. The lowest BCUT2D eigenvalue weighted by Crippen LogP contribution is -2.36. The van der Waals surface area contributed by atoms with Crippen LogP contribution in [-0.2, 0) is 14.8 Å². The van der Waals surface area contributed by atoms with E-state index in [2.05, 4.69) is 4.98 Å². The predicted octanol–water partition coefficient (Wildman–Crippen LogP) is -0.930. The number of hydrazine groups is 1. The molecule has 0 spiro atoms. The van der Waals surface area contributed by atoms with Crippen molar-refractivity contribution in [2.24, 2.45) is 5.84 Å². The maximum absolute atomic E-state index is 11.4. The minimum atomic E-state index is -3.62. The van der Waals surface area contributed by atoms with Gasteiger partial charge in [0.25, 0.3) is 10.0 Å². The van der Waals surface area contributed by atoms with Crippen LogP contribution in [-0.4, -0.2) is 39.7 Å². The van der Waals surface area contributed by atoms with Crippen molar-refractivity contribution in [2.75, 3.05) is 31.2 Å². The van der Waals surface area contributed by atoms with Gasteiger partial charge in [-0.2, -0.15) is 4.83 Å². The van der Waals surface area contributed by atoms with Crippen molar-refractivity contribution in [2.45, 2.75) is 4.90 Å². The average molecular weight is 258 g/mol. The first kappa shape index (κ1) is 12.2. The van der Waals surface area contributed by atoms with Crippen LogP contribution < -0.4 is 15.6 Å². The summed E-state index contributed by atoms with van der Waals surface area (Å²) in [7, 11) is -3.62. The fourth-order valence-corrected chi connectivity index (χ4v) is 2.15. The van der Waals surface area contributed by atoms with Crippen LogP contribution in [0.2, 0.25) is 0 Å². The van der Waals surface area contributed by atoms with Gasteiger partial charge < -0.3 is 9.64 Å². The van der Waals surface area contributed by atoms with E-state index in [1.54, 1.807) is 10.9 Å². The third-order valence-corrected chi connectivity index (χ3v) is 3.69. The molecule has 1 fully saturated rings. The lowest BCUT2D eigenvalue weighted by molar-refractivity contribution is 0.122. The van der Waals surface area contributed by atoms with Gasteiger partial charge in [0.15, 0.2) is 0 Å². The number of sulfonamides is 1. The van der Waals surface area contributed by atoms with Crippen molar-refractivity contribution in [1.82, 2.24) is 9.82 Å². The Hall–Kier alpha value is -1.22. The molecule has 1 aliphatic heterocycles. The van der Waals surface area contributed by atoms with Crippen LogP contribution in [0.15, 0.2) is 23.2 Å². The summed E-state index contributed by atoms with van der Waals surface area (Å²) in [5.41, 5.74) is 0. The standard InChI is InChI=1S/C9H14N4O3S/c10-12-17(14,15)8-1-2-9(11-7-8)13-3-5-16-6-4-13/h1-2,7,12H,3-6,10H2. The normalized spacial score (nSPS) is 17.1. The van der Waals surface area contributed by atoms with Gasteiger partial charge in [0.05, 0.1) is 13.2 Å². The zero-order valence-electron chi connectivity index (χ0n) is 9.17. The van der Waals surface area contributed by atoms with Gasteiger partial charge in [-0.3, -0.25) is 5.84 Å². The van der Waals surface area contributed by atoms with Crippen LogP contribution in [0.4, 0.5) is 5.82 Å². The second kappa shape index (κ2) is 4.96. The minimum absolute atomic E-state index is 0.0528. The van der Waals surface area contributed by atoms with Crippen molar-refractivity contribution in [1.29, 1.82) is 0 Å². The lowest BCUT2D eigenvalue weighted by atomic mass is 10.4. The molecule has 2 heterocycles. The maximum atomic E-state index is 11.4. The summed E-state index contributed by atoms with van der Waals surface area (Å²) < 4.78 is 28.0. The molecule has 0 bridgehead atoms. The molecule has 1 aromatic rings. The van der Waals surface area contributed by atoms with Crippen LogP contribution in [0.1, 0.15) is 0 Å². The molecule has 0 aliphatic carbocycles. The third kappa shape index (κ3) is 2.72. The number of rotatable bonds is 3. The monoisotopic (exact) mass is 258 g/mol. The van der Waals surface area contributed by atoms with Crippen LogP contribution in [0, 0.1) is 0 Å². The van der Waals surface area contributed by atoms with E-state index in [9.17, 15) is 8.42 Å². The van der Waals surface area contributed by atoms with E-state index < -0.39 is 10.0 Å². The van der Waals surface area contributed by atoms with Crippen LogP contribution >= 0.6 is 0 Å². The molecular weight excluding hydrogens is 244 g/mol. The summed E-state index contributed by atoms with van der Waals surface area (Å²) in [6.45, 7) is 2.83. The van der Waals surface area contributed by atoms with Gasteiger partial charge in [-0.15, -0.1) is 0 Å². The Bertz CT molecular complexity index is 468. The second-order valence-electron chi connectivity index (χ2n) is 3.57. The zero-order chi connectivity index (χ0) is 12.3. The molecule has 7 nitrogen and oxygen atoms in total. The molecular formula is C9H14N4O3S. The molecule has 0 aromatic carbocycles. The molecule has 0 saturated carbocycles. The van der Waals surface area contributed by atoms with Crippen molar-refractivity contribution in [3.05, 3.63) is 18.3 Å². The van der Waals surface area contributed by atoms with Crippen LogP contribution in [0.25, 0.3) is 0 Å². The largest absolute Gasteiger partial charge is 0.378 e. The minimum Gasteiger partial charge on any atom is -0.378 e. The molecule has 2 rings (SSSR count). The quantitative estimate of drug-likeness (QED) is 0.537. The zero-order valence-corrected chi connectivity index (χ0v) is 9.98. The first-order valence-electron chi connectivity index (χ1n) is 5.14. The smallest absolute Gasteiger partial charge is 0.254 e. The van der Waals surface area contributed by atoms with E-state index in [0.29, 0.717) is 13.2 Å². The van der Waals surface area contributed by atoms with Gasteiger partial charge >= 0.3 is 0 Å². The summed E-state index contributed by atoms with van der Waals surface area (Å²) in [5.74, 6) is 5.67. The van der Waals surface area contributed by atoms with E-state index in [4.69, 9.17) is 10.6 Å². The molecule has 94 valence electrons. The van der Waals surface area contributed by atoms with Crippen LogP contribution in [0.3, 0.4) is 0 Å². The first-order valence-corrected chi connectivity index (χ1v) is 6.63. The number of ether oxygens (including phenoxy) is 1. The molecule has 1 aromatic heterocycles. The molecule has 1 saturated heterocycles. The number of hydrogen-bond donors (Lipinski definition) is 2. The molecule has 0 unspecified atom stereocenters. The number of nitrogens with two attached hydrogens (primary N) is 1. The van der Waals surface area contributed by atoms with Crippen molar-refractivity contribution in [3.63, 3.8) is 0 Å². The topological polar surface area (TPSA) is 97.5 Å². The predicted molar refractivity (Wildman–Crippen MR) is 61.8 cm³/mol. The highest BCUT2D eigenvalue weighted by Gasteiger charge is 2.15. The number of aromatic nitrogens is 1. The summed E-state index contributed by atoms with van der Waals surface area (Å²) in [6, 6.07) is 3.14. The van der Waals surface area contributed by atoms with Crippen LogP contribution in [0.5, 0.6) is 0 Å². The molecule has 1 aliphatic rings. The Kier molecular flexibility index (Phi) is 3.57. The summed E-state index contributed by atoms with van der Waals surface area (Å²) in [5, 5.41) is 0. The summed E-state index contributed by atoms with van der Waals surface area (Å²) >= 11 is 0. The van der Waals surface area contributed by atoms with Crippen molar-refractivity contribution in [3.8, 4) is 0 Å². The molecule has 17 heavy (non-hydrogen) atoms. The molecule has 0 radical (unpaired) electrons. The lowest BCUT2D eigenvalue weighted by Gasteiger charge is -2.27. The Morgan fingerprint density at radius 3 is 2.59 bits per heavy atom. The Balaban J connectivity index is 2.18. The van der Waals surface area contributed by atoms with Crippen molar-refractivity contribution >= 4 is 15.8 Å².